The molecule has 8 heteroatoms. The molecule has 13 heavy (non-hydrogen) atoms. The fraction of sp³-hybridized carbons (Fsp3) is 1.00. The zero-order valence-corrected chi connectivity index (χ0v) is 8.68. The first kappa shape index (κ1) is 10.9. The Morgan fingerprint density at radius 2 is 1.85 bits per heavy atom. The highest BCUT2D eigenvalue weighted by Gasteiger charge is 2.35. The van der Waals surface area contributed by atoms with Gasteiger partial charge in [0.1, 0.15) is 0 Å². The molecule has 0 aliphatic carbocycles. The quantitative estimate of drug-likeness (QED) is 0.607. The van der Waals surface area contributed by atoms with Gasteiger partial charge < -0.3 is 0 Å². The minimum Gasteiger partial charge on any atom is -0.273 e. The lowest BCUT2D eigenvalue weighted by atomic mass is 10.4. The summed E-state index contributed by atoms with van der Waals surface area (Å²) < 4.78 is 52.6. The minimum atomic E-state index is -4.23. The molecule has 1 rings (SSSR count). The third kappa shape index (κ3) is 2.63. The van der Waals surface area contributed by atoms with Crippen molar-refractivity contribution in [3.63, 3.8) is 0 Å². The highest BCUT2D eigenvalue weighted by atomic mass is 32.2. The molecule has 0 radical (unpaired) electrons. The molecule has 1 heterocycles. The maximum atomic E-state index is 11.0. The van der Waals surface area contributed by atoms with E-state index in [9.17, 15) is 16.8 Å². The molecule has 78 valence electrons. The van der Waals surface area contributed by atoms with Crippen LogP contribution in [0.15, 0.2) is 0 Å². The van der Waals surface area contributed by atoms with Gasteiger partial charge in [-0.05, 0) is 6.42 Å². The van der Waals surface area contributed by atoms with E-state index >= 15 is 0 Å². The maximum Gasteiger partial charge on any atom is 0.335 e. The fourth-order valence-electron chi connectivity index (χ4n) is 1.26. The van der Waals surface area contributed by atoms with Crippen LogP contribution in [-0.2, 0) is 20.1 Å². The van der Waals surface area contributed by atoms with Crippen LogP contribution in [0.2, 0.25) is 0 Å². The Kier molecular flexibility index (Phi) is 2.68. The minimum absolute atomic E-state index is 0.0660. The van der Waals surface area contributed by atoms with Crippen LogP contribution in [0.1, 0.15) is 6.42 Å². The van der Waals surface area contributed by atoms with Gasteiger partial charge in [0.25, 0.3) is 0 Å². The summed E-state index contributed by atoms with van der Waals surface area (Å²) in [5.74, 6) is 0. The average molecular weight is 229 g/mol. The van der Waals surface area contributed by atoms with Crippen LogP contribution in [0.3, 0.4) is 0 Å². The molecular weight excluding hydrogens is 218 g/mol. The van der Waals surface area contributed by atoms with Crippen LogP contribution in [0.25, 0.3) is 0 Å². The van der Waals surface area contributed by atoms with Gasteiger partial charge in [0, 0.05) is 19.3 Å². The largest absolute Gasteiger partial charge is 0.335 e. The molecule has 0 spiro atoms. The molecule has 0 amide bonds. The normalized spacial score (nSPS) is 26.5. The lowest BCUT2D eigenvalue weighted by Gasteiger charge is -2.10. The highest BCUT2D eigenvalue weighted by Crippen LogP contribution is 2.17. The Labute approximate surface area is 77.3 Å². The predicted octanol–water partition coefficient (Wildman–Crippen LogP) is -1.09. The lowest BCUT2D eigenvalue weighted by molar-refractivity contribution is 0.390. The van der Waals surface area contributed by atoms with Crippen molar-refractivity contribution in [1.29, 1.82) is 0 Å². The zero-order chi connectivity index (χ0) is 10.3. The molecule has 6 nitrogen and oxygen atoms in total. The van der Waals surface area contributed by atoms with E-state index in [0.717, 1.165) is 10.6 Å². The Morgan fingerprint density at radius 3 is 2.08 bits per heavy atom. The van der Waals surface area contributed by atoms with Crippen molar-refractivity contribution >= 4 is 20.1 Å². The van der Waals surface area contributed by atoms with Gasteiger partial charge in [0.05, 0.1) is 5.25 Å². The van der Waals surface area contributed by atoms with Crippen molar-refractivity contribution in [3.05, 3.63) is 0 Å². The molecule has 1 aliphatic heterocycles. The Bertz CT molecular complexity index is 345. The Balaban J connectivity index is 2.77. The smallest absolute Gasteiger partial charge is 0.273 e. The van der Waals surface area contributed by atoms with Gasteiger partial charge in [-0.15, -0.1) is 0 Å². The first-order valence-corrected chi connectivity index (χ1v) is 6.98. The molecule has 1 atom stereocenters. The molecule has 0 saturated carbocycles. The molecule has 1 N–H and O–H groups in total. The van der Waals surface area contributed by atoms with Crippen molar-refractivity contribution in [2.75, 3.05) is 19.3 Å². The summed E-state index contributed by atoms with van der Waals surface area (Å²) in [6.45, 7) is -0.0752. The first-order chi connectivity index (χ1) is 5.71. The van der Waals surface area contributed by atoms with Crippen molar-refractivity contribution in [1.82, 2.24) is 4.31 Å². The van der Waals surface area contributed by atoms with Crippen molar-refractivity contribution in [2.45, 2.75) is 11.7 Å². The summed E-state index contributed by atoms with van der Waals surface area (Å²) >= 11 is 0. The van der Waals surface area contributed by atoms with E-state index in [1.54, 1.807) is 0 Å². The molecule has 1 saturated heterocycles. The van der Waals surface area contributed by atoms with E-state index in [-0.39, 0.29) is 19.5 Å². The molecule has 0 aromatic carbocycles. The summed E-state index contributed by atoms with van der Waals surface area (Å²) in [6.07, 6.45) is 1.31. The molecule has 0 aromatic heterocycles. The van der Waals surface area contributed by atoms with E-state index in [1.807, 2.05) is 0 Å². The standard InChI is InChI=1S/C5H11NO5S2/c1-12(7,8)5-2-3-6(4-5)13(9,10)11/h5H,2-4H2,1H3,(H,9,10,11). The van der Waals surface area contributed by atoms with Crippen LogP contribution in [0.4, 0.5) is 0 Å². The van der Waals surface area contributed by atoms with Crippen LogP contribution in [0, 0.1) is 0 Å². The molecule has 1 unspecified atom stereocenters. The van der Waals surface area contributed by atoms with Crippen molar-refractivity contribution in [2.24, 2.45) is 0 Å². The van der Waals surface area contributed by atoms with Gasteiger partial charge in [0.15, 0.2) is 9.84 Å². The second-order valence-corrected chi connectivity index (χ2v) is 6.81. The monoisotopic (exact) mass is 229 g/mol. The van der Waals surface area contributed by atoms with E-state index < -0.39 is 25.4 Å². The lowest BCUT2D eigenvalue weighted by Crippen LogP contribution is -2.30. The Hall–Kier alpha value is -0.180. The summed E-state index contributed by atoms with van der Waals surface area (Å²) in [4.78, 5) is 0. The molecule has 0 aromatic rings. The van der Waals surface area contributed by atoms with E-state index in [0.29, 0.717) is 0 Å². The average Bonchev–Trinajstić information content (AvgIpc) is 2.28. The third-order valence-corrected chi connectivity index (χ3v) is 4.62. The van der Waals surface area contributed by atoms with Gasteiger partial charge in [-0.1, -0.05) is 0 Å². The van der Waals surface area contributed by atoms with Gasteiger partial charge in [-0.25, -0.2) is 8.42 Å². The van der Waals surface area contributed by atoms with E-state index in [1.165, 1.54) is 0 Å². The third-order valence-electron chi connectivity index (χ3n) is 2.04. The SMILES string of the molecule is CS(=O)(=O)C1CCN(S(=O)(=O)O)C1. The fourth-order valence-corrected chi connectivity index (χ4v) is 3.04. The number of hydrogen-bond donors (Lipinski definition) is 1. The van der Waals surface area contributed by atoms with Gasteiger partial charge in [-0.3, -0.25) is 4.55 Å². The summed E-state index contributed by atoms with van der Waals surface area (Å²) in [5, 5.41) is -0.686. The number of rotatable bonds is 2. The second kappa shape index (κ2) is 3.19. The zero-order valence-electron chi connectivity index (χ0n) is 7.04. The predicted molar refractivity (Wildman–Crippen MR) is 46.4 cm³/mol. The van der Waals surface area contributed by atoms with Crippen LogP contribution in [0.5, 0.6) is 0 Å². The number of hydrogen-bond acceptors (Lipinski definition) is 4. The van der Waals surface area contributed by atoms with Gasteiger partial charge in [-0.2, -0.15) is 12.7 Å². The topological polar surface area (TPSA) is 91.8 Å². The van der Waals surface area contributed by atoms with Gasteiger partial charge in [0.2, 0.25) is 0 Å². The maximum absolute atomic E-state index is 11.0. The Morgan fingerprint density at radius 1 is 1.31 bits per heavy atom. The van der Waals surface area contributed by atoms with Crippen molar-refractivity contribution in [3.8, 4) is 0 Å². The first-order valence-electron chi connectivity index (χ1n) is 3.62. The number of nitrogens with zero attached hydrogens (tertiary/aromatic N) is 1. The molecule has 1 fully saturated rings. The molecular formula is C5H11NO5S2. The van der Waals surface area contributed by atoms with Gasteiger partial charge >= 0.3 is 10.3 Å². The number of sulfone groups is 1. The molecule has 1 aliphatic rings. The van der Waals surface area contributed by atoms with E-state index in [4.69, 9.17) is 4.55 Å². The summed E-state index contributed by atoms with van der Waals surface area (Å²) in [5.41, 5.74) is 0. The van der Waals surface area contributed by atoms with Crippen LogP contribution in [-0.4, -0.2) is 50.3 Å². The van der Waals surface area contributed by atoms with Crippen LogP contribution < -0.4 is 0 Å². The summed E-state index contributed by atoms with van der Waals surface area (Å²) in [7, 11) is -7.44. The van der Waals surface area contributed by atoms with Crippen molar-refractivity contribution < 1.29 is 21.4 Å². The van der Waals surface area contributed by atoms with Crippen LogP contribution >= 0.6 is 0 Å². The van der Waals surface area contributed by atoms with E-state index in [2.05, 4.69) is 0 Å². The second-order valence-electron chi connectivity index (χ2n) is 3.08. The highest BCUT2D eigenvalue weighted by molar-refractivity contribution is 7.91. The summed E-state index contributed by atoms with van der Waals surface area (Å²) in [6, 6.07) is 0. The molecule has 0 bridgehead atoms.